The van der Waals surface area contributed by atoms with Crippen molar-refractivity contribution in [2.24, 2.45) is 11.7 Å². The first-order chi connectivity index (χ1) is 9.18. The van der Waals surface area contributed by atoms with E-state index < -0.39 is 6.04 Å². The molecule has 0 aromatic heterocycles. The number of carbonyl (C=O) groups excluding carboxylic acids is 1. The van der Waals surface area contributed by atoms with E-state index in [0.717, 1.165) is 18.4 Å². The second kappa shape index (κ2) is 6.71. The van der Waals surface area contributed by atoms with Crippen molar-refractivity contribution >= 4 is 5.97 Å². The summed E-state index contributed by atoms with van der Waals surface area (Å²) in [7, 11) is 0. The minimum atomic E-state index is -0.466. The fourth-order valence-electron chi connectivity index (χ4n) is 2.73. The van der Waals surface area contributed by atoms with Crippen molar-refractivity contribution in [1.29, 1.82) is 0 Å². The highest BCUT2D eigenvalue weighted by Crippen LogP contribution is 2.27. The molecule has 2 atom stereocenters. The minimum Gasteiger partial charge on any atom is -0.457 e. The van der Waals surface area contributed by atoms with E-state index in [4.69, 9.17) is 10.5 Å². The molecule has 2 rings (SSSR count). The Kier molecular flexibility index (Phi) is 4.97. The molecule has 2 N–H and O–H groups in total. The van der Waals surface area contributed by atoms with Crippen molar-refractivity contribution < 1.29 is 9.53 Å². The summed E-state index contributed by atoms with van der Waals surface area (Å²) in [5, 5.41) is 0. The monoisotopic (exact) mass is 261 g/mol. The first-order valence-electron chi connectivity index (χ1n) is 7.19. The predicted octanol–water partition coefficient (Wildman–Crippen LogP) is 3.20. The minimum absolute atomic E-state index is 0.233. The number of esters is 1. The smallest absolute Gasteiger partial charge is 0.323 e. The van der Waals surface area contributed by atoms with E-state index >= 15 is 0 Å². The Morgan fingerprint density at radius 3 is 2.47 bits per heavy atom. The van der Waals surface area contributed by atoms with Gasteiger partial charge in [-0.05, 0) is 31.2 Å². The van der Waals surface area contributed by atoms with E-state index in [-0.39, 0.29) is 12.1 Å². The molecule has 1 aliphatic rings. The maximum Gasteiger partial charge on any atom is 0.323 e. The molecule has 1 aromatic carbocycles. The highest BCUT2D eigenvalue weighted by Gasteiger charge is 2.28. The third-order valence-electron chi connectivity index (χ3n) is 3.99. The van der Waals surface area contributed by atoms with Crippen molar-refractivity contribution in [3.05, 3.63) is 35.9 Å². The maximum atomic E-state index is 12.1. The van der Waals surface area contributed by atoms with Crippen LogP contribution in [0.4, 0.5) is 0 Å². The average Bonchev–Trinajstić information content (AvgIpc) is 2.48. The van der Waals surface area contributed by atoms with Gasteiger partial charge in [-0.2, -0.15) is 0 Å². The third-order valence-corrected chi connectivity index (χ3v) is 3.99. The Labute approximate surface area is 115 Å². The number of hydrogen-bond donors (Lipinski definition) is 1. The Balaban J connectivity index is 1.89. The van der Waals surface area contributed by atoms with Crippen molar-refractivity contribution in [3.63, 3.8) is 0 Å². The molecule has 19 heavy (non-hydrogen) atoms. The van der Waals surface area contributed by atoms with E-state index in [1.807, 2.05) is 37.3 Å². The second-order valence-electron chi connectivity index (χ2n) is 5.41. The molecule has 0 radical (unpaired) electrons. The molecule has 0 bridgehead atoms. The fraction of sp³-hybridized carbons (Fsp3) is 0.562. The summed E-state index contributed by atoms with van der Waals surface area (Å²) in [6, 6.07) is 9.30. The lowest BCUT2D eigenvalue weighted by molar-refractivity contribution is -0.152. The number of carbonyl (C=O) groups is 1. The van der Waals surface area contributed by atoms with Crippen molar-refractivity contribution in [3.8, 4) is 0 Å². The predicted molar refractivity (Wildman–Crippen MR) is 75.5 cm³/mol. The van der Waals surface area contributed by atoms with Gasteiger partial charge in [0.2, 0.25) is 0 Å². The van der Waals surface area contributed by atoms with Gasteiger partial charge >= 0.3 is 5.97 Å². The molecule has 2 unspecified atom stereocenters. The van der Waals surface area contributed by atoms with Crippen LogP contribution in [0.3, 0.4) is 0 Å². The highest BCUT2D eigenvalue weighted by atomic mass is 16.5. The first kappa shape index (κ1) is 14.1. The van der Waals surface area contributed by atoms with Gasteiger partial charge in [-0.3, -0.25) is 4.79 Å². The van der Waals surface area contributed by atoms with Crippen LogP contribution in [0.2, 0.25) is 0 Å². The van der Waals surface area contributed by atoms with Gasteiger partial charge in [0.1, 0.15) is 12.1 Å². The van der Waals surface area contributed by atoms with Crippen LogP contribution >= 0.6 is 0 Å². The highest BCUT2D eigenvalue weighted by molar-refractivity contribution is 5.76. The van der Waals surface area contributed by atoms with Crippen molar-refractivity contribution in [1.82, 2.24) is 0 Å². The number of rotatable bonds is 4. The zero-order valence-electron chi connectivity index (χ0n) is 11.5. The molecule has 0 saturated heterocycles. The van der Waals surface area contributed by atoms with E-state index in [0.29, 0.717) is 5.92 Å². The number of benzene rings is 1. The molecule has 3 nitrogen and oxygen atoms in total. The molecular formula is C16H23NO2. The zero-order valence-corrected chi connectivity index (χ0v) is 11.5. The SMILES string of the molecule is CC(OC(=O)C(N)C1CCCCC1)c1ccccc1. The van der Waals surface area contributed by atoms with Crippen LogP contribution in [0.25, 0.3) is 0 Å². The van der Waals surface area contributed by atoms with Crippen LogP contribution < -0.4 is 5.73 Å². The molecule has 1 aliphatic carbocycles. The van der Waals surface area contributed by atoms with Crippen LogP contribution in [0.1, 0.15) is 50.7 Å². The molecule has 0 aliphatic heterocycles. The van der Waals surface area contributed by atoms with Gasteiger partial charge in [-0.1, -0.05) is 49.6 Å². The Morgan fingerprint density at radius 1 is 1.21 bits per heavy atom. The molecular weight excluding hydrogens is 238 g/mol. The molecule has 1 fully saturated rings. The largest absolute Gasteiger partial charge is 0.457 e. The number of nitrogens with two attached hydrogens (primary N) is 1. The summed E-state index contributed by atoms with van der Waals surface area (Å²) < 4.78 is 5.49. The summed E-state index contributed by atoms with van der Waals surface area (Å²) in [5.41, 5.74) is 7.05. The second-order valence-corrected chi connectivity index (χ2v) is 5.41. The van der Waals surface area contributed by atoms with Gasteiger partial charge in [-0.15, -0.1) is 0 Å². The normalized spacial score (nSPS) is 19.7. The van der Waals surface area contributed by atoms with Crippen LogP contribution in [0, 0.1) is 5.92 Å². The van der Waals surface area contributed by atoms with Gasteiger partial charge in [-0.25, -0.2) is 0 Å². The van der Waals surface area contributed by atoms with Crippen molar-refractivity contribution in [2.75, 3.05) is 0 Å². The van der Waals surface area contributed by atoms with Gasteiger partial charge in [0, 0.05) is 0 Å². The van der Waals surface area contributed by atoms with Gasteiger partial charge in [0.25, 0.3) is 0 Å². The zero-order chi connectivity index (χ0) is 13.7. The van der Waals surface area contributed by atoms with E-state index in [1.54, 1.807) is 0 Å². The molecule has 1 saturated carbocycles. The Morgan fingerprint density at radius 2 is 1.84 bits per heavy atom. The number of ether oxygens (including phenoxy) is 1. The van der Waals surface area contributed by atoms with Crippen LogP contribution in [0.5, 0.6) is 0 Å². The first-order valence-corrected chi connectivity index (χ1v) is 7.19. The summed E-state index contributed by atoms with van der Waals surface area (Å²) >= 11 is 0. The van der Waals surface area contributed by atoms with Crippen LogP contribution in [-0.2, 0) is 9.53 Å². The van der Waals surface area contributed by atoms with Crippen LogP contribution in [0.15, 0.2) is 30.3 Å². The molecule has 1 aromatic rings. The quantitative estimate of drug-likeness (QED) is 0.847. The van der Waals surface area contributed by atoms with Gasteiger partial charge < -0.3 is 10.5 Å². The Hall–Kier alpha value is -1.35. The molecule has 0 amide bonds. The molecule has 0 spiro atoms. The fourth-order valence-corrected chi connectivity index (χ4v) is 2.73. The Bertz CT molecular complexity index is 398. The lowest BCUT2D eigenvalue weighted by Crippen LogP contribution is -2.40. The maximum absolute atomic E-state index is 12.1. The van der Waals surface area contributed by atoms with Crippen molar-refractivity contribution in [2.45, 2.75) is 51.2 Å². The topological polar surface area (TPSA) is 52.3 Å². The lowest BCUT2D eigenvalue weighted by atomic mass is 9.84. The van der Waals surface area contributed by atoms with Crippen LogP contribution in [-0.4, -0.2) is 12.0 Å². The summed E-state index contributed by atoms with van der Waals surface area (Å²) in [5.74, 6) is 0.0347. The number of hydrogen-bond acceptors (Lipinski definition) is 3. The summed E-state index contributed by atoms with van der Waals surface area (Å²) in [6.45, 7) is 1.89. The summed E-state index contributed by atoms with van der Waals surface area (Å²) in [6.07, 6.45) is 5.49. The van der Waals surface area contributed by atoms with Gasteiger partial charge in [0.15, 0.2) is 0 Å². The van der Waals surface area contributed by atoms with E-state index in [2.05, 4.69) is 0 Å². The summed E-state index contributed by atoms with van der Waals surface area (Å²) in [4.78, 5) is 12.1. The molecule has 3 heteroatoms. The average molecular weight is 261 g/mol. The standard InChI is InChI=1S/C16H23NO2/c1-12(13-8-4-2-5-9-13)19-16(18)15(17)14-10-6-3-7-11-14/h2,4-5,8-9,12,14-15H,3,6-7,10-11,17H2,1H3. The third kappa shape index (κ3) is 3.80. The van der Waals surface area contributed by atoms with E-state index in [9.17, 15) is 4.79 Å². The van der Waals surface area contributed by atoms with E-state index in [1.165, 1.54) is 19.3 Å². The van der Waals surface area contributed by atoms with Gasteiger partial charge in [0.05, 0.1) is 0 Å². The molecule has 0 heterocycles. The lowest BCUT2D eigenvalue weighted by Gasteiger charge is -2.27. The molecule has 104 valence electrons.